The van der Waals surface area contributed by atoms with Crippen LogP contribution in [0.15, 0.2) is 17.0 Å². The number of benzene rings is 1. The van der Waals surface area contributed by atoms with Crippen LogP contribution >= 0.6 is 12.4 Å². The molecule has 8 heteroatoms. The third-order valence-corrected chi connectivity index (χ3v) is 7.66. The van der Waals surface area contributed by atoms with E-state index in [9.17, 15) is 13.2 Å². The third-order valence-electron chi connectivity index (χ3n) is 5.45. The van der Waals surface area contributed by atoms with Crippen molar-refractivity contribution in [1.82, 2.24) is 9.62 Å². The summed E-state index contributed by atoms with van der Waals surface area (Å²) in [5.74, 6) is 0.229. The van der Waals surface area contributed by atoms with Crippen LogP contribution in [-0.2, 0) is 14.8 Å². The normalized spacial score (nSPS) is 21.6. The van der Waals surface area contributed by atoms with Crippen molar-refractivity contribution in [3.05, 3.63) is 28.8 Å². The Kier molecular flexibility index (Phi) is 6.95. The van der Waals surface area contributed by atoms with Crippen molar-refractivity contribution in [3.63, 3.8) is 0 Å². The largest absolute Gasteiger partial charge is 0.350 e. The Balaban J connectivity index is 0.00000261. The van der Waals surface area contributed by atoms with Crippen molar-refractivity contribution >= 4 is 28.3 Å². The van der Waals surface area contributed by atoms with Gasteiger partial charge in [-0.2, -0.15) is 4.31 Å². The van der Waals surface area contributed by atoms with Crippen LogP contribution in [0.5, 0.6) is 0 Å². The number of hydrogen-bond acceptors (Lipinski definition) is 4. The molecular weight excluding hydrogens is 386 g/mol. The zero-order chi connectivity index (χ0) is 19.1. The number of sulfonamides is 1. The van der Waals surface area contributed by atoms with E-state index in [4.69, 9.17) is 5.73 Å². The van der Waals surface area contributed by atoms with E-state index in [1.54, 1.807) is 0 Å². The fraction of sp³-hybridized carbons (Fsp3) is 0.632. The summed E-state index contributed by atoms with van der Waals surface area (Å²) < 4.78 is 28.0. The number of aryl methyl sites for hydroxylation is 3. The molecule has 152 valence electrons. The van der Waals surface area contributed by atoms with Gasteiger partial charge < -0.3 is 11.1 Å². The fourth-order valence-corrected chi connectivity index (χ4v) is 6.20. The molecule has 2 unspecified atom stereocenters. The van der Waals surface area contributed by atoms with Gasteiger partial charge in [0.25, 0.3) is 0 Å². The van der Waals surface area contributed by atoms with E-state index in [1.165, 1.54) is 4.31 Å². The lowest BCUT2D eigenvalue weighted by Crippen LogP contribution is -2.51. The average Bonchev–Trinajstić information content (AvgIpc) is 3.25. The summed E-state index contributed by atoms with van der Waals surface area (Å²) in [6.45, 7) is 6.36. The van der Waals surface area contributed by atoms with Crippen LogP contribution in [0.25, 0.3) is 0 Å². The molecule has 1 amide bonds. The smallest absolute Gasteiger partial charge is 0.244 e. The Hall–Kier alpha value is -1.15. The van der Waals surface area contributed by atoms with Crippen molar-refractivity contribution < 1.29 is 13.2 Å². The van der Waals surface area contributed by atoms with Gasteiger partial charge in [-0.3, -0.25) is 4.79 Å². The molecule has 1 aromatic rings. The molecule has 1 saturated heterocycles. The monoisotopic (exact) mass is 415 g/mol. The van der Waals surface area contributed by atoms with Crippen molar-refractivity contribution in [3.8, 4) is 0 Å². The Bertz CT molecular complexity index is 785. The molecule has 0 aromatic heterocycles. The van der Waals surface area contributed by atoms with Crippen LogP contribution in [-0.4, -0.2) is 43.8 Å². The number of nitrogens with two attached hydrogens (primary N) is 1. The Morgan fingerprint density at radius 2 is 1.81 bits per heavy atom. The van der Waals surface area contributed by atoms with Crippen LogP contribution in [0, 0.1) is 26.7 Å². The molecule has 0 bridgehead atoms. The summed E-state index contributed by atoms with van der Waals surface area (Å²) in [7, 11) is -3.72. The van der Waals surface area contributed by atoms with Crippen molar-refractivity contribution in [2.75, 3.05) is 13.1 Å². The molecule has 2 aliphatic rings. The molecular formula is C19H30ClN3O3S. The molecule has 3 N–H and O–H groups in total. The lowest BCUT2D eigenvalue weighted by molar-refractivity contribution is -0.125. The topological polar surface area (TPSA) is 92.5 Å². The molecule has 2 fully saturated rings. The highest BCUT2D eigenvalue weighted by atomic mass is 35.5. The molecule has 1 heterocycles. The van der Waals surface area contributed by atoms with Crippen LogP contribution in [0.4, 0.5) is 0 Å². The quantitative estimate of drug-likeness (QED) is 0.743. The number of nitrogens with one attached hydrogen (secondary N) is 1. The van der Waals surface area contributed by atoms with E-state index < -0.39 is 16.1 Å². The lowest BCUT2D eigenvalue weighted by Gasteiger charge is -2.27. The number of carbonyl (C=O) groups is 1. The zero-order valence-corrected chi connectivity index (χ0v) is 17.8. The van der Waals surface area contributed by atoms with Crippen molar-refractivity contribution in [1.29, 1.82) is 0 Å². The van der Waals surface area contributed by atoms with Crippen LogP contribution in [0.2, 0.25) is 0 Å². The van der Waals surface area contributed by atoms with Gasteiger partial charge in [0, 0.05) is 19.1 Å². The summed E-state index contributed by atoms with van der Waals surface area (Å²) in [6.07, 6.45) is 3.40. The fourth-order valence-electron chi connectivity index (χ4n) is 4.13. The minimum atomic E-state index is -3.72. The van der Waals surface area contributed by atoms with Crippen molar-refractivity contribution in [2.45, 2.75) is 63.4 Å². The first-order valence-corrected chi connectivity index (χ1v) is 10.8. The summed E-state index contributed by atoms with van der Waals surface area (Å²) in [5, 5.41) is 2.99. The number of rotatable bonds is 6. The number of hydrogen-bond donors (Lipinski definition) is 2. The Morgan fingerprint density at radius 3 is 2.33 bits per heavy atom. The van der Waals surface area contributed by atoms with Gasteiger partial charge in [-0.25, -0.2) is 8.42 Å². The highest BCUT2D eigenvalue weighted by molar-refractivity contribution is 7.89. The molecule has 3 rings (SSSR count). The number of amides is 1. The van der Waals surface area contributed by atoms with Gasteiger partial charge in [-0.05, 0) is 63.5 Å². The highest BCUT2D eigenvalue weighted by Crippen LogP contribution is 2.33. The summed E-state index contributed by atoms with van der Waals surface area (Å²) in [4.78, 5) is 13.1. The van der Waals surface area contributed by atoms with Gasteiger partial charge in [-0.15, -0.1) is 12.4 Å². The van der Waals surface area contributed by atoms with Gasteiger partial charge in [0.1, 0.15) is 6.04 Å². The zero-order valence-electron chi connectivity index (χ0n) is 16.2. The van der Waals surface area contributed by atoms with Crippen LogP contribution in [0.1, 0.15) is 42.4 Å². The average molecular weight is 416 g/mol. The molecule has 1 aliphatic heterocycles. The first-order valence-electron chi connectivity index (χ1n) is 9.36. The van der Waals surface area contributed by atoms with Crippen LogP contribution < -0.4 is 11.1 Å². The molecule has 2 atom stereocenters. The summed E-state index contributed by atoms with van der Waals surface area (Å²) >= 11 is 0. The van der Waals surface area contributed by atoms with E-state index in [1.807, 2.05) is 32.9 Å². The van der Waals surface area contributed by atoms with Gasteiger partial charge in [0.05, 0.1) is 4.90 Å². The van der Waals surface area contributed by atoms with Gasteiger partial charge in [0.2, 0.25) is 15.9 Å². The Morgan fingerprint density at radius 1 is 1.22 bits per heavy atom. The predicted octanol–water partition coefficient (Wildman–Crippen LogP) is 2.04. The maximum atomic E-state index is 13.3. The first-order chi connectivity index (χ1) is 12.3. The molecule has 27 heavy (non-hydrogen) atoms. The van der Waals surface area contributed by atoms with E-state index >= 15 is 0 Å². The first kappa shape index (κ1) is 22.1. The second-order valence-corrected chi connectivity index (χ2v) is 9.52. The molecule has 1 aliphatic carbocycles. The standard InChI is InChI=1S/C19H29N3O3S.ClH/c1-12-9-13(2)18(14(3)10-12)26(24,25)22-8-4-5-17(22)19(23)21-16(11-20)15-6-7-15;/h9-10,15-17H,4-8,11,20H2,1-3H3,(H,21,23);1H. The van der Waals surface area contributed by atoms with E-state index in [-0.39, 0.29) is 24.4 Å². The summed E-state index contributed by atoms with van der Waals surface area (Å²) in [5.41, 5.74) is 8.27. The maximum Gasteiger partial charge on any atom is 0.244 e. The molecule has 6 nitrogen and oxygen atoms in total. The van der Waals surface area contributed by atoms with Gasteiger partial charge in [-0.1, -0.05) is 17.7 Å². The maximum absolute atomic E-state index is 13.3. The number of nitrogens with zero attached hydrogens (tertiary/aromatic N) is 1. The third kappa shape index (κ3) is 4.47. The minimum Gasteiger partial charge on any atom is -0.350 e. The van der Waals surface area contributed by atoms with Crippen molar-refractivity contribution in [2.24, 2.45) is 11.7 Å². The number of carbonyl (C=O) groups excluding carboxylic acids is 1. The lowest BCUT2D eigenvalue weighted by atomic mass is 10.1. The predicted molar refractivity (Wildman–Crippen MR) is 109 cm³/mol. The van der Waals surface area contributed by atoms with E-state index in [0.29, 0.717) is 36.7 Å². The molecule has 1 saturated carbocycles. The van der Waals surface area contributed by atoms with Gasteiger partial charge in [0.15, 0.2) is 0 Å². The van der Waals surface area contributed by atoms with Gasteiger partial charge >= 0.3 is 0 Å². The van der Waals surface area contributed by atoms with E-state index in [2.05, 4.69) is 5.32 Å². The minimum absolute atomic E-state index is 0. The second kappa shape index (κ2) is 8.47. The SMILES string of the molecule is Cc1cc(C)c(S(=O)(=O)N2CCCC2C(=O)NC(CN)C2CC2)c(C)c1.Cl. The molecule has 0 radical (unpaired) electrons. The van der Waals surface area contributed by atoms with E-state index in [0.717, 1.165) is 29.5 Å². The molecule has 1 aromatic carbocycles. The highest BCUT2D eigenvalue weighted by Gasteiger charge is 2.42. The number of halogens is 1. The summed E-state index contributed by atoms with van der Waals surface area (Å²) in [6, 6.07) is 3.06. The van der Waals surface area contributed by atoms with Crippen LogP contribution in [0.3, 0.4) is 0 Å². The Labute approximate surface area is 168 Å². The second-order valence-electron chi connectivity index (χ2n) is 7.69. The molecule has 0 spiro atoms.